The quantitative estimate of drug-likeness (QED) is 0.594. The predicted molar refractivity (Wildman–Crippen MR) is 138 cm³/mol. The van der Waals surface area contributed by atoms with E-state index in [4.69, 9.17) is 4.74 Å². The van der Waals surface area contributed by atoms with Gasteiger partial charge in [0.1, 0.15) is 11.5 Å². The van der Waals surface area contributed by atoms with Crippen molar-refractivity contribution in [3.8, 4) is 0 Å². The highest BCUT2D eigenvalue weighted by molar-refractivity contribution is 6.02. The van der Waals surface area contributed by atoms with Gasteiger partial charge in [-0.1, -0.05) is 6.07 Å². The SMILES string of the molecule is O=C(N1Cc2cccnc2Nc2ccc(N3CCOCC3)cc21)C12CCC3(F)CCC(CC(C3)C1)C2. The summed E-state index contributed by atoms with van der Waals surface area (Å²) in [7, 11) is 0. The Morgan fingerprint density at radius 2 is 1.94 bits per heavy atom. The van der Waals surface area contributed by atoms with E-state index in [1.165, 1.54) is 0 Å². The van der Waals surface area contributed by atoms with Gasteiger partial charge in [-0.05, 0) is 87.5 Å². The largest absolute Gasteiger partial charge is 0.378 e. The summed E-state index contributed by atoms with van der Waals surface area (Å²) >= 11 is 0. The van der Waals surface area contributed by atoms with Crippen molar-refractivity contribution in [3.63, 3.8) is 0 Å². The van der Waals surface area contributed by atoms with Gasteiger partial charge in [0.25, 0.3) is 0 Å². The van der Waals surface area contributed by atoms with E-state index >= 15 is 4.39 Å². The molecule has 6 nitrogen and oxygen atoms in total. The fraction of sp³-hybridized carbons (Fsp3) is 0.586. The molecule has 3 saturated carbocycles. The minimum Gasteiger partial charge on any atom is -0.378 e. The third kappa shape index (κ3) is 3.78. The number of alkyl halides is 1. The van der Waals surface area contributed by atoms with Gasteiger partial charge in [0, 0.05) is 30.5 Å². The summed E-state index contributed by atoms with van der Waals surface area (Å²) in [6.45, 7) is 3.59. The molecule has 1 amide bonds. The highest BCUT2D eigenvalue weighted by Gasteiger charge is 2.55. The molecular formula is C29H35FN4O2. The lowest BCUT2D eigenvalue weighted by Gasteiger charge is -2.45. The fourth-order valence-electron chi connectivity index (χ4n) is 7.86. The Morgan fingerprint density at radius 3 is 2.83 bits per heavy atom. The van der Waals surface area contributed by atoms with Crippen LogP contribution in [-0.2, 0) is 16.1 Å². The first-order chi connectivity index (χ1) is 17.5. The van der Waals surface area contributed by atoms with Gasteiger partial charge < -0.3 is 19.9 Å². The molecule has 3 aliphatic carbocycles. The van der Waals surface area contributed by atoms with E-state index in [9.17, 15) is 4.79 Å². The first-order valence-electron chi connectivity index (χ1n) is 13.7. The van der Waals surface area contributed by atoms with Crippen LogP contribution in [0.3, 0.4) is 0 Å². The van der Waals surface area contributed by atoms with Gasteiger partial charge in [0.05, 0.1) is 36.5 Å². The van der Waals surface area contributed by atoms with Crippen LogP contribution < -0.4 is 15.1 Å². The molecule has 190 valence electrons. The Kier molecular flexibility index (Phi) is 5.28. The zero-order valence-electron chi connectivity index (χ0n) is 20.8. The van der Waals surface area contributed by atoms with Crippen LogP contribution in [0.15, 0.2) is 36.5 Å². The summed E-state index contributed by atoms with van der Waals surface area (Å²) in [6.07, 6.45) is 8.04. The fourth-order valence-corrected chi connectivity index (χ4v) is 7.86. The molecule has 4 atom stereocenters. The first kappa shape index (κ1) is 22.5. The second kappa shape index (κ2) is 8.44. The van der Waals surface area contributed by atoms with Gasteiger partial charge in [0.2, 0.25) is 5.91 Å². The molecule has 4 bridgehead atoms. The number of pyridine rings is 1. The molecule has 7 rings (SSSR count). The number of nitrogens with zero attached hydrogens (tertiary/aromatic N) is 3. The average molecular weight is 491 g/mol. The second-order valence-corrected chi connectivity index (χ2v) is 11.9. The van der Waals surface area contributed by atoms with E-state index in [2.05, 4.69) is 39.5 Å². The molecule has 1 N–H and O–H groups in total. The minimum absolute atomic E-state index is 0.183. The number of nitrogens with one attached hydrogen (secondary N) is 1. The minimum atomic E-state index is -1.08. The second-order valence-electron chi connectivity index (χ2n) is 11.9. The van der Waals surface area contributed by atoms with Crippen molar-refractivity contribution in [2.24, 2.45) is 17.3 Å². The topological polar surface area (TPSA) is 57.7 Å². The number of rotatable bonds is 2. The van der Waals surface area contributed by atoms with Crippen molar-refractivity contribution in [2.75, 3.05) is 41.4 Å². The van der Waals surface area contributed by atoms with E-state index in [1.807, 2.05) is 11.0 Å². The van der Waals surface area contributed by atoms with Gasteiger partial charge in [-0.15, -0.1) is 0 Å². The van der Waals surface area contributed by atoms with Crippen LogP contribution in [0.5, 0.6) is 0 Å². The van der Waals surface area contributed by atoms with Crippen LogP contribution in [-0.4, -0.2) is 42.9 Å². The maximum atomic E-state index is 15.8. The van der Waals surface area contributed by atoms with E-state index in [0.717, 1.165) is 67.2 Å². The van der Waals surface area contributed by atoms with Crippen LogP contribution in [0.2, 0.25) is 0 Å². The van der Waals surface area contributed by atoms with E-state index in [-0.39, 0.29) is 5.91 Å². The molecule has 0 radical (unpaired) electrons. The highest BCUT2D eigenvalue weighted by Crippen LogP contribution is 2.58. The molecule has 7 heteroatoms. The van der Waals surface area contributed by atoms with Gasteiger partial charge in [-0.25, -0.2) is 9.37 Å². The van der Waals surface area contributed by atoms with Crippen molar-refractivity contribution in [1.29, 1.82) is 0 Å². The van der Waals surface area contributed by atoms with E-state index in [0.29, 0.717) is 57.3 Å². The number of morpholine rings is 1. The lowest BCUT2D eigenvalue weighted by atomic mass is 9.63. The molecule has 4 fully saturated rings. The van der Waals surface area contributed by atoms with Crippen LogP contribution in [0.25, 0.3) is 0 Å². The molecule has 5 aliphatic rings. The maximum Gasteiger partial charge on any atom is 0.233 e. The number of aromatic nitrogens is 1. The predicted octanol–water partition coefficient (Wildman–Crippen LogP) is 5.60. The lowest BCUT2D eigenvalue weighted by molar-refractivity contribution is -0.133. The van der Waals surface area contributed by atoms with E-state index in [1.54, 1.807) is 6.20 Å². The van der Waals surface area contributed by atoms with Gasteiger partial charge in [-0.2, -0.15) is 0 Å². The van der Waals surface area contributed by atoms with Gasteiger partial charge >= 0.3 is 0 Å². The molecule has 1 aromatic heterocycles. The summed E-state index contributed by atoms with van der Waals surface area (Å²) in [4.78, 5) is 23.7. The lowest BCUT2D eigenvalue weighted by Crippen LogP contribution is -2.48. The monoisotopic (exact) mass is 490 g/mol. The van der Waals surface area contributed by atoms with Gasteiger partial charge in [0.15, 0.2) is 0 Å². The number of ether oxygens (including phenoxy) is 1. The maximum absolute atomic E-state index is 15.8. The summed E-state index contributed by atoms with van der Waals surface area (Å²) in [5.74, 6) is 1.77. The number of anilines is 4. The van der Waals surface area contributed by atoms with Crippen LogP contribution in [0, 0.1) is 17.3 Å². The molecule has 4 unspecified atom stereocenters. The Morgan fingerprint density at radius 1 is 1.08 bits per heavy atom. The molecule has 1 saturated heterocycles. The zero-order valence-corrected chi connectivity index (χ0v) is 20.8. The Balaban J connectivity index is 1.31. The standard InChI is InChI=1S/C29H35FN4O2/c30-29-6-5-20-14-21(18-29)17-28(16-20,7-8-29)27(35)34-19-22-2-1-9-31-26(22)32-24-4-3-23(15-25(24)34)33-10-12-36-13-11-33/h1-4,9,15,20-21H,5-8,10-14,16-19H2,(H,31,32). The molecule has 36 heavy (non-hydrogen) atoms. The molecule has 2 aliphatic heterocycles. The number of halogens is 1. The molecule has 0 spiro atoms. The molecule has 3 heterocycles. The number of benzene rings is 1. The van der Waals surface area contributed by atoms with Crippen LogP contribution >= 0.6 is 0 Å². The Bertz CT molecular complexity index is 1180. The van der Waals surface area contributed by atoms with Crippen LogP contribution in [0.4, 0.5) is 27.3 Å². The molecule has 1 aromatic carbocycles. The smallest absolute Gasteiger partial charge is 0.233 e. The van der Waals surface area contributed by atoms with Crippen molar-refractivity contribution >= 4 is 28.8 Å². The number of carbonyl (C=O) groups is 1. The summed E-state index contributed by atoms with van der Waals surface area (Å²) in [6, 6.07) is 10.4. The third-order valence-corrected chi connectivity index (χ3v) is 9.55. The summed E-state index contributed by atoms with van der Waals surface area (Å²) in [5, 5.41) is 3.51. The normalized spacial score (nSPS) is 33.1. The van der Waals surface area contributed by atoms with Crippen molar-refractivity contribution in [1.82, 2.24) is 4.98 Å². The van der Waals surface area contributed by atoms with E-state index < -0.39 is 11.1 Å². The average Bonchev–Trinajstić information content (AvgIpc) is 3.19. The Hall–Kier alpha value is -2.67. The number of amides is 1. The molecular weight excluding hydrogens is 455 g/mol. The van der Waals surface area contributed by atoms with Crippen molar-refractivity contribution in [2.45, 2.75) is 63.6 Å². The number of carbonyl (C=O) groups excluding carboxylic acids is 1. The zero-order chi connectivity index (χ0) is 24.3. The van der Waals surface area contributed by atoms with Crippen molar-refractivity contribution < 1.29 is 13.9 Å². The number of fused-ring (bicyclic) bond motifs is 5. The number of hydrogen-bond acceptors (Lipinski definition) is 5. The van der Waals surface area contributed by atoms with Crippen molar-refractivity contribution in [3.05, 3.63) is 42.1 Å². The summed E-state index contributed by atoms with van der Waals surface area (Å²) in [5.41, 5.74) is 2.37. The van der Waals surface area contributed by atoms with Crippen LogP contribution in [0.1, 0.15) is 56.9 Å². The first-order valence-corrected chi connectivity index (χ1v) is 13.7. The molecule has 2 aromatic rings. The highest BCUT2D eigenvalue weighted by atomic mass is 19.1. The number of hydrogen-bond donors (Lipinski definition) is 1. The Labute approximate surface area is 212 Å². The van der Waals surface area contributed by atoms with Gasteiger partial charge in [-0.3, -0.25) is 4.79 Å². The summed E-state index contributed by atoms with van der Waals surface area (Å²) < 4.78 is 21.4. The third-order valence-electron chi connectivity index (χ3n) is 9.55.